The molecule has 0 bridgehead atoms. The Balaban J connectivity index is 2.11. The van der Waals surface area contributed by atoms with Crippen LogP contribution in [0, 0.1) is 5.82 Å². The quantitative estimate of drug-likeness (QED) is 0.600. The van der Waals surface area contributed by atoms with Gasteiger partial charge in [0.05, 0.1) is 20.0 Å². The van der Waals surface area contributed by atoms with Crippen LogP contribution in [-0.2, 0) is 0 Å². The van der Waals surface area contributed by atoms with Crippen molar-refractivity contribution in [3.8, 4) is 11.5 Å². The number of hydrogen-bond donors (Lipinski definition) is 0. The lowest BCUT2D eigenvalue weighted by Gasteiger charge is -2.10. The van der Waals surface area contributed by atoms with E-state index >= 15 is 0 Å². The van der Waals surface area contributed by atoms with Crippen molar-refractivity contribution in [2.75, 3.05) is 20.0 Å². The highest BCUT2D eigenvalue weighted by atomic mass is 32.2. The topological polar surface area (TPSA) is 35.5 Å². The van der Waals surface area contributed by atoms with Crippen LogP contribution in [0.1, 0.15) is 10.4 Å². The zero-order chi connectivity index (χ0) is 15.2. The van der Waals surface area contributed by atoms with Crippen LogP contribution >= 0.6 is 11.8 Å². The number of rotatable bonds is 6. The van der Waals surface area contributed by atoms with Gasteiger partial charge in [-0.15, -0.1) is 11.8 Å². The molecule has 0 radical (unpaired) electrons. The third-order valence-corrected chi connectivity index (χ3v) is 3.92. The Hall–Kier alpha value is -2.01. The maximum absolute atomic E-state index is 13.9. The number of thioether (sulfide) groups is 1. The van der Waals surface area contributed by atoms with Gasteiger partial charge in [-0.1, -0.05) is 30.3 Å². The minimum absolute atomic E-state index is 0.0465. The van der Waals surface area contributed by atoms with Crippen molar-refractivity contribution in [3.05, 3.63) is 53.8 Å². The Labute approximate surface area is 127 Å². The van der Waals surface area contributed by atoms with Gasteiger partial charge in [0.25, 0.3) is 0 Å². The molecule has 0 saturated carbocycles. The van der Waals surface area contributed by atoms with Crippen molar-refractivity contribution in [2.24, 2.45) is 0 Å². The summed E-state index contributed by atoms with van der Waals surface area (Å²) in [5.74, 6) is 0.451. The van der Waals surface area contributed by atoms with Gasteiger partial charge < -0.3 is 9.47 Å². The summed E-state index contributed by atoms with van der Waals surface area (Å²) in [6.45, 7) is 0. The Kier molecular flexibility index (Phi) is 5.22. The molecule has 2 rings (SSSR count). The fraction of sp³-hybridized carbons (Fsp3) is 0.188. The summed E-state index contributed by atoms with van der Waals surface area (Å²) < 4.78 is 24.1. The molecule has 0 heterocycles. The number of methoxy groups -OCH3 is 2. The van der Waals surface area contributed by atoms with E-state index < -0.39 is 5.82 Å². The van der Waals surface area contributed by atoms with Crippen LogP contribution in [0.2, 0.25) is 0 Å². The summed E-state index contributed by atoms with van der Waals surface area (Å²) in [6.07, 6.45) is 0. The van der Waals surface area contributed by atoms with Gasteiger partial charge in [0, 0.05) is 22.6 Å². The Bertz CT molecular complexity index is 629. The Morgan fingerprint density at radius 1 is 1.10 bits per heavy atom. The Morgan fingerprint density at radius 3 is 2.33 bits per heavy atom. The molecule has 110 valence electrons. The first kappa shape index (κ1) is 15.4. The van der Waals surface area contributed by atoms with E-state index in [4.69, 9.17) is 9.47 Å². The number of carbonyl (C=O) groups is 1. The SMILES string of the molecule is COc1cc(F)c(SCC(=O)c2ccccc2)cc1OC. The van der Waals surface area contributed by atoms with Crippen molar-refractivity contribution in [1.82, 2.24) is 0 Å². The van der Waals surface area contributed by atoms with E-state index in [9.17, 15) is 9.18 Å². The molecule has 0 aliphatic rings. The monoisotopic (exact) mass is 306 g/mol. The van der Waals surface area contributed by atoms with Crippen LogP contribution in [0.4, 0.5) is 4.39 Å². The smallest absolute Gasteiger partial charge is 0.173 e. The standard InChI is InChI=1S/C16H15FO3S/c1-19-14-8-12(17)16(9-15(14)20-2)21-10-13(18)11-6-4-3-5-7-11/h3-9H,10H2,1-2H3. The number of halogens is 1. The summed E-state index contributed by atoms with van der Waals surface area (Å²) in [7, 11) is 2.93. The minimum Gasteiger partial charge on any atom is -0.493 e. The number of ether oxygens (including phenoxy) is 2. The van der Waals surface area contributed by atoms with Gasteiger partial charge in [0.1, 0.15) is 5.82 Å². The van der Waals surface area contributed by atoms with Gasteiger partial charge >= 0.3 is 0 Å². The van der Waals surface area contributed by atoms with E-state index in [2.05, 4.69) is 0 Å². The molecule has 0 saturated heterocycles. The van der Waals surface area contributed by atoms with E-state index in [0.717, 1.165) is 11.8 Å². The normalized spacial score (nSPS) is 10.2. The number of carbonyl (C=O) groups excluding carboxylic acids is 1. The second-order valence-corrected chi connectivity index (χ2v) is 5.23. The number of hydrogen-bond acceptors (Lipinski definition) is 4. The first-order valence-corrected chi connectivity index (χ1v) is 7.27. The molecule has 0 spiro atoms. The highest BCUT2D eigenvalue weighted by Gasteiger charge is 2.13. The van der Waals surface area contributed by atoms with E-state index in [1.54, 1.807) is 24.3 Å². The first-order chi connectivity index (χ1) is 10.2. The molecule has 0 aromatic heterocycles. The van der Waals surface area contributed by atoms with E-state index in [1.165, 1.54) is 26.4 Å². The molecular formula is C16H15FO3S. The van der Waals surface area contributed by atoms with E-state index in [1.807, 2.05) is 6.07 Å². The van der Waals surface area contributed by atoms with Gasteiger partial charge in [0.2, 0.25) is 0 Å². The molecule has 0 aliphatic heterocycles. The summed E-state index contributed by atoms with van der Waals surface area (Å²) in [6, 6.07) is 11.7. The molecule has 3 nitrogen and oxygen atoms in total. The van der Waals surface area contributed by atoms with Crippen LogP contribution in [-0.4, -0.2) is 25.8 Å². The average Bonchev–Trinajstić information content (AvgIpc) is 2.53. The van der Waals surface area contributed by atoms with Crippen LogP contribution < -0.4 is 9.47 Å². The van der Waals surface area contributed by atoms with Gasteiger partial charge in [-0.05, 0) is 0 Å². The summed E-state index contributed by atoms with van der Waals surface area (Å²) in [5, 5.41) is 0. The van der Waals surface area contributed by atoms with Crippen molar-refractivity contribution >= 4 is 17.5 Å². The lowest BCUT2D eigenvalue weighted by atomic mass is 10.2. The van der Waals surface area contributed by atoms with Crippen molar-refractivity contribution < 1.29 is 18.7 Å². The molecule has 0 unspecified atom stereocenters. The summed E-state index contributed by atoms with van der Waals surface area (Å²) >= 11 is 1.14. The fourth-order valence-corrected chi connectivity index (χ4v) is 2.64. The largest absolute Gasteiger partial charge is 0.493 e. The van der Waals surface area contributed by atoms with Gasteiger partial charge in [-0.2, -0.15) is 0 Å². The summed E-state index contributed by atoms with van der Waals surface area (Å²) in [5.41, 5.74) is 0.617. The molecule has 5 heteroatoms. The molecule has 0 atom stereocenters. The molecule has 2 aromatic rings. The van der Waals surface area contributed by atoms with E-state index in [-0.39, 0.29) is 11.5 Å². The van der Waals surface area contributed by atoms with Crippen LogP contribution in [0.25, 0.3) is 0 Å². The molecular weight excluding hydrogens is 291 g/mol. The molecule has 0 fully saturated rings. The number of benzene rings is 2. The lowest BCUT2D eigenvalue weighted by molar-refractivity contribution is 0.102. The zero-order valence-corrected chi connectivity index (χ0v) is 12.6. The van der Waals surface area contributed by atoms with Crippen LogP contribution in [0.15, 0.2) is 47.4 Å². The molecule has 2 aromatic carbocycles. The van der Waals surface area contributed by atoms with Gasteiger partial charge in [-0.3, -0.25) is 4.79 Å². The number of Topliss-reactive ketones (excluding diaryl/α,β-unsaturated/α-hetero) is 1. The number of ketones is 1. The highest BCUT2D eigenvalue weighted by Crippen LogP contribution is 2.34. The molecule has 0 N–H and O–H groups in total. The maximum atomic E-state index is 13.9. The third kappa shape index (κ3) is 3.76. The molecule has 21 heavy (non-hydrogen) atoms. The summed E-state index contributed by atoms with van der Waals surface area (Å²) in [4.78, 5) is 12.4. The average molecular weight is 306 g/mol. The zero-order valence-electron chi connectivity index (χ0n) is 11.8. The second-order valence-electron chi connectivity index (χ2n) is 4.22. The predicted octanol–water partition coefficient (Wildman–Crippen LogP) is 3.82. The third-order valence-electron chi connectivity index (χ3n) is 2.89. The van der Waals surface area contributed by atoms with Crippen molar-refractivity contribution in [1.29, 1.82) is 0 Å². The lowest BCUT2D eigenvalue weighted by Crippen LogP contribution is -2.02. The fourth-order valence-electron chi connectivity index (χ4n) is 1.80. The molecule has 0 amide bonds. The Morgan fingerprint density at radius 2 is 1.71 bits per heavy atom. The van der Waals surface area contributed by atoms with Gasteiger partial charge in [0.15, 0.2) is 17.3 Å². The van der Waals surface area contributed by atoms with E-state index in [0.29, 0.717) is 22.0 Å². The van der Waals surface area contributed by atoms with Crippen molar-refractivity contribution in [3.63, 3.8) is 0 Å². The van der Waals surface area contributed by atoms with Gasteiger partial charge in [-0.25, -0.2) is 4.39 Å². The first-order valence-electron chi connectivity index (χ1n) is 6.28. The highest BCUT2D eigenvalue weighted by molar-refractivity contribution is 8.00. The van der Waals surface area contributed by atoms with Crippen LogP contribution in [0.5, 0.6) is 11.5 Å². The van der Waals surface area contributed by atoms with Crippen molar-refractivity contribution in [2.45, 2.75) is 4.90 Å². The van der Waals surface area contributed by atoms with Crippen LogP contribution in [0.3, 0.4) is 0 Å². The predicted molar refractivity (Wildman–Crippen MR) is 81.0 cm³/mol. The second kappa shape index (κ2) is 7.13. The minimum atomic E-state index is -0.432. The molecule has 0 aliphatic carbocycles. The maximum Gasteiger partial charge on any atom is 0.173 e.